The van der Waals surface area contributed by atoms with Gasteiger partial charge in [0.15, 0.2) is 0 Å². The summed E-state index contributed by atoms with van der Waals surface area (Å²) in [4.78, 5) is 2.23. The summed E-state index contributed by atoms with van der Waals surface area (Å²) in [6.45, 7) is 3.94. The Bertz CT molecular complexity index is 1310. The maximum Gasteiger partial charge on any atom is 0.120 e. The van der Waals surface area contributed by atoms with Crippen LogP contribution in [0.25, 0.3) is 21.5 Å². The van der Waals surface area contributed by atoms with Gasteiger partial charge in [0.25, 0.3) is 0 Å². The Hall–Kier alpha value is -4.06. The lowest BCUT2D eigenvalue weighted by Gasteiger charge is -2.25. The Morgan fingerprint density at radius 2 is 1.21 bits per heavy atom. The van der Waals surface area contributed by atoms with Gasteiger partial charge in [-0.25, -0.2) is 0 Å². The Morgan fingerprint density at radius 3 is 1.64 bits per heavy atom. The zero-order valence-corrected chi connectivity index (χ0v) is 18.5. The van der Waals surface area contributed by atoms with Crippen molar-refractivity contribution < 1.29 is 10.2 Å². The van der Waals surface area contributed by atoms with Gasteiger partial charge in [-0.1, -0.05) is 37.6 Å². The first-order valence-electron chi connectivity index (χ1n) is 11.1. The van der Waals surface area contributed by atoms with Gasteiger partial charge in [0.1, 0.15) is 11.5 Å². The van der Waals surface area contributed by atoms with E-state index in [4.69, 9.17) is 0 Å². The van der Waals surface area contributed by atoms with E-state index in [2.05, 4.69) is 24.0 Å². The van der Waals surface area contributed by atoms with Crippen LogP contribution in [0.15, 0.2) is 60.7 Å². The summed E-state index contributed by atoms with van der Waals surface area (Å²) in [6, 6.07) is 22.3. The van der Waals surface area contributed by atoms with Gasteiger partial charge in [-0.15, -0.1) is 0 Å². The van der Waals surface area contributed by atoms with E-state index in [0.717, 1.165) is 52.1 Å². The van der Waals surface area contributed by atoms with Gasteiger partial charge in [0.05, 0.1) is 23.3 Å². The number of benzene rings is 4. The molecule has 0 fully saturated rings. The molecule has 4 aromatic carbocycles. The molecule has 0 aliphatic rings. The minimum Gasteiger partial charge on any atom is -0.508 e. The van der Waals surface area contributed by atoms with Crippen LogP contribution in [0.5, 0.6) is 11.5 Å². The molecule has 0 saturated carbocycles. The Balaban J connectivity index is 1.74. The summed E-state index contributed by atoms with van der Waals surface area (Å²) in [5.41, 5.74) is 2.78. The molecular formula is C28H25N3O2. The van der Waals surface area contributed by atoms with E-state index in [1.165, 1.54) is 0 Å². The van der Waals surface area contributed by atoms with Crippen molar-refractivity contribution in [2.24, 2.45) is 0 Å². The van der Waals surface area contributed by atoms with Crippen molar-refractivity contribution in [1.29, 1.82) is 10.5 Å². The minimum absolute atomic E-state index is 0.217. The summed E-state index contributed by atoms with van der Waals surface area (Å²) < 4.78 is 0. The minimum atomic E-state index is 0.217. The maximum absolute atomic E-state index is 10.7. The molecule has 0 bridgehead atoms. The number of hydrogen-bond donors (Lipinski definition) is 2. The van der Waals surface area contributed by atoms with Crippen LogP contribution in [-0.2, 0) is 13.1 Å². The predicted octanol–water partition coefficient (Wildman–Crippen LogP) is 5.95. The molecule has 4 rings (SSSR count). The van der Waals surface area contributed by atoms with Crippen molar-refractivity contribution in [2.75, 3.05) is 6.54 Å². The number of nitriles is 2. The van der Waals surface area contributed by atoms with Crippen LogP contribution < -0.4 is 0 Å². The van der Waals surface area contributed by atoms with Crippen LogP contribution in [0.2, 0.25) is 0 Å². The Morgan fingerprint density at radius 1 is 0.727 bits per heavy atom. The van der Waals surface area contributed by atoms with Crippen LogP contribution >= 0.6 is 0 Å². The maximum atomic E-state index is 10.7. The van der Waals surface area contributed by atoms with Gasteiger partial charge < -0.3 is 10.2 Å². The second-order valence-corrected chi connectivity index (χ2v) is 8.29. The van der Waals surface area contributed by atoms with Gasteiger partial charge in [-0.2, -0.15) is 10.5 Å². The molecule has 0 saturated heterocycles. The Labute approximate surface area is 193 Å². The second-order valence-electron chi connectivity index (χ2n) is 8.29. The summed E-state index contributed by atoms with van der Waals surface area (Å²) in [5, 5.41) is 43.5. The number of aromatic hydroxyl groups is 2. The molecule has 5 heteroatoms. The van der Waals surface area contributed by atoms with E-state index in [1.54, 1.807) is 24.3 Å². The highest BCUT2D eigenvalue weighted by Gasteiger charge is 2.17. The molecule has 0 amide bonds. The predicted molar refractivity (Wildman–Crippen MR) is 130 cm³/mol. The molecule has 164 valence electrons. The third-order valence-electron chi connectivity index (χ3n) is 6.06. The van der Waals surface area contributed by atoms with E-state index in [0.29, 0.717) is 24.2 Å². The van der Waals surface area contributed by atoms with Gasteiger partial charge in [0, 0.05) is 24.2 Å². The highest BCUT2D eigenvalue weighted by Crippen LogP contribution is 2.33. The van der Waals surface area contributed by atoms with Crippen molar-refractivity contribution in [3.8, 4) is 23.6 Å². The smallest absolute Gasteiger partial charge is 0.120 e. The monoisotopic (exact) mass is 435 g/mol. The van der Waals surface area contributed by atoms with E-state index in [-0.39, 0.29) is 11.5 Å². The number of hydrogen-bond acceptors (Lipinski definition) is 5. The average molecular weight is 436 g/mol. The van der Waals surface area contributed by atoms with Gasteiger partial charge in [-0.3, -0.25) is 4.90 Å². The summed E-state index contributed by atoms with van der Waals surface area (Å²) in [5.74, 6) is 0.434. The summed E-state index contributed by atoms with van der Waals surface area (Å²) >= 11 is 0. The van der Waals surface area contributed by atoms with Crippen molar-refractivity contribution >= 4 is 21.5 Å². The number of rotatable bonds is 7. The molecule has 0 heterocycles. The molecule has 0 atom stereocenters. The first-order valence-corrected chi connectivity index (χ1v) is 11.1. The Kier molecular flexibility index (Phi) is 6.45. The van der Waals surface area contributed by atoms with Crippen LogP contribution in [0.3, 0.4) is 0 Å². The second kappa shape index (κ2) is 9.61. The standard InChI is InChI=1S/C28H25N3O2/c1-2-3-12-31(17-25-23-8-4-19(15-29)13-21(23)6-10-27(25)32)18-26-24-9-5-20(16-30)14-22(24)7-11-28(26)33/h4-11,13-14,32-33H,2-3,12,17-18H2,1H3. The van der Waals surface area contributed by atoms with Crippen LogP contribution in [0.4, 0.5) is 0 Å². The number of phenols is 2. The molecule has 0 spiro atoms. The van der Waals surface area contributed by atoms with Gasteiger partial charge >= 0.3 is 0 Å². The van der Waals surface area contributed by atoms with Crippen molar-refractivity contribution in [2.45, 2.75) is 32.9 Å². The lowest BCUT2D eigenvalue weighted by atomic mass is 9.99. The van der Waals surface area contributed by atoms with Crippen molar-refractivity contribution in [3.63, 3.8) is 0 Å². The molecule has 4 aromatic rings. The first kappa shape index (κ1) is 22.1. The van der Waals surface area contributed by atoms with Gasteiger partial charge in [-0.05, 0) is 70.9 Å². The quantitative estimate of drug-likeness (QED) is 0.374. The topological polar surface area (TPSA) is 91.3 Å². The molecule has 2 N–H and O–H groups in total. The van der Waals surface area contributed by atoms with E-state index in [1.807, 2.05) is 36.4 Å². The lowest BCUT2D eigenvalue weighted by molar-refractivity contribution is 0.248. The largest absolute Gasteiger partial charge is 0.508 e. The number of nitrogens with zero attached hydrogens (tertiary/aromatic N) is 3. The van der Waals surface area contributed by atoms with Crippen molar-refractivity contribution in [1.82, 2.24) is 4.90 Å². The molecule has 5 nitrogen and oxygen atoms in total. The molecular weight excluding hydrogens is 410 g/mol. The van der Waals surface area contributed by atoms with Gasteiger partial charge in [0.2, 0.25) is 0 Å². The fraction of sp³-hybridized carbons (Fsp3) is 0.214. The van der Waals surface area contributed by atoms with Crippen LogP contribution in [0.1, 0.15) is 42.0 Å². The number of fused-ring (bicyclic) bond motifs is 2. The molecule has 0 radical (unpaired) electrons. The highest BCUT2D eigenvalue weighted by atomic mass is 16.3. The van der Waals surface area contributed by atoms with Crippen molar-refractivity contribution in [3.05, 3.63) is 82.9 Å². The van der Waals surface area contributed by atoms with Crippen LogP contribution in [-0.4, -0.2) is 21.7 Å². The number of phenolic OH excluding ortho intramolecular Hbond substituents is 2. The first-order chi connectivity index (χ1) is 16.0. The fourth-order valence-corrected chi connectivity index (χ4v) is 4.28. The van der Waals surface area contributed by atoms with Crippen LogP contribution in [0, 0.1) is 22.7 Å². The highest BCUT2D eigenvalue weighted by molar-refractivity contribution is 5.89. The molecule has 0 aliphatic carbocycles. The molecule has 33 heavy (non-hydrogen) atoms. The third kappa shape index (κ3) is 4.60. The van der Waals surface area contributed by atoms with E-state index in [9.17, 15) is 20.7 Å². The normalized spacial score (nSPS) is 11.0. The summed E-state index contributed by atoms with van der Waals surface area (Å²) in [7, 11) is 0. The fourth-order valence-electron chi connectivity index (χ4n) is 4.28. The number of unbranched alkanes of at least 4 members (excludes halogenated alkanes) is 1. The molecule has 0 aliphatic heterocycles. The van der Waals surface area contributed by atoms with E-state index < -0.39 is 0 Å². The zero-order chi connectivity index (χ0) is 23.4. The lowest BCUT2D eigenvalue weighted by Crippen LogP contribution is -2.24. The zero-order valence-electron chi connectivity index (χ0n) is 18.5. The average Bonchev–Trinajstić information content (AvgIpc) is 2.84. The van der Waals surface area contributed by atoms with E-state index >= 15 is 0 Å². The summed E-state index contributed by atoms with van der Waals surface area (Å²) in [6.07, 6.45) is 2.00. The SMILES string of the molecule is CCCCN(Cc1c(O)ccc2cc(C#N)ccc12)Cc1c(O)ccc2cc(C#N)ccc12. The molecule has 0 unspecified atom stereocenters. The molecule has 0 aromatic heterocycles. The third-order valence-corrected chi connectivity index (χ3v) is 6.06.